The zero-order valence-corrected chi connectivity index (χ0v) is 13.7. The number of amides is 1. The maximum Gasteiger partial charge on any atom is 0.237 e. The van der Waals surface area contributed by atoms with Crippen LogP contribution in [-0.2, 0) is 4.79 Å². The van der Waals surface area contributed by atoms with Gasteiger partial charge in [-0.05, 0) is 49.2 Å². The molecule has 0 aromatic heterocycles. The van der Waals surface area contributed by atoms with Crippen LogP contribution in [0, 0.1) is 6.92 Å². The topological polar surface area (TPSA) is 29.1 Å². The predicted octanol–water partition coefficient (Wildman–Crippen LogP) is 5.16. The Kier molecular flexibility index (Phi) is 5.71. The van der Waals surface area contributed by atoms with Crippen LogP contribution in [0.3, 0.4) is 0 Å². The highest BCUT2D eigenvalue weighted by molar-refractivity contribution is 8.00. The van der Waals surface area contributed by atoms with E-state index < -0.39 is 0 Å². The molecule has 0 spiro atoms. The maximum absolute atomic E-state index is 12.4. The molecule has 21 heavy (non-hydrogen) atoms. The summed E-state index contributed by atoms with van der Waals surface area (Å²) in [4.78, 5) is 13.5. The molecule has 2 aromatic carbocycles. The van der Waals surface area contributed by atoms with Crippen LogP contribution in [0.25, 0.3) is 0 Å². The fourth-order valence-corrected chi connectivity index (χ4v) is 3.01. The average Bonchev–Trinajstić information content (AvgIpc) is 2.49. The summed E-state index contributed by atoms with van der Waals surface area (Å²) in [6, 6.07) is 15.4. The van der Waals surface area contributed by atoms with Crippen molar-refractivity contribution in [1.29, 1.82) is 0 Å². The van der Waals surface area contributed by atoms with E-state index >= 15 is 0 Å². The summed E-state index contributed by atoms with van der Waals surface area (Å²) in [6.07, 6.45) is 0.769. The van der Waals surface area contributed by atoms with Crippen molar-refractivity contribution in [2.45, 2.75) is 30.4 Å². The zero-order chi connectivity index (χ0) is 15.2. The smallest absolute Gasteiger partial charge is 0.237 e. The van der Waals surface area contributed by atoms with Crippen LogP contribution in [0.4, 0.5) is 5.69 Å². The third-order valence-electron chi connectivity index (χ3n) is 3.16. The average molecular weight is 320 g/mol. The summed E-state index contributed by atoms with van der Waals surface area (Å²) in [5.74, 6) is 0.0340. The summed E-state index contributed by atoms with van der Waals surface area (Å²) in [7, 11) is 0. The lowest BCUT2D eigenvalue weighted by atomic mass is 10.2. The second-order valence-corrected chi connectivity index (χ2v) is 6.49. The molecule has 1 N–H and O–H groups in total. The van der Waals surface area contributed by atoms with E-state index in [1.807, 2.05) is 62.4 Å². The first-order valence-electron chi connectivity index (χ1n) is 6.89. The number of aryl methyl sites for hydroxylation is 1. The molecule has 0 fully saturated rings. The molecule has 0 radical (unpaired) electrons. The fourth-order valence-electron chi connectivity index (χ4n) is 1.93. The quantitative estimate of drug-likeness (QED) is 0.771. The molecule has 1 atom stereocenters. The minimum atomic E-state index is -0.120. The van der Waals surface area contributed by atoms with Gasteiger partial charge in [0.05, 0.1) is 5.25 Å². The lowest BCUT2D eigenvalue weighted by Crippen LogP contribution is -2.24. The number of hydrogen-bond acceptors (Lipinski definition) is 2. The number of halogens is 1. The second-order valence-electron chi connectivity index (χ2n) is 4.77. The number of rotatable bonds is 5. The molecule has 1 amide bonds. The highest BCUT2D eigenvalue weighted by Crippen LogP contribution is 2.28. The largest absolute Gasteiger partial charge is 0.325 e. The van der Waals surface area contributed by atoms with Gasteiger partial charge in [0.1, 0.15) is 0 Å². The van der Waals surface area contributed by atoms with Gasteiger partial charge >= 0.3 is 0 Å². The second kappa shape index (κ2) is 7.53. The van der Waals surface area contributed by atoms with Gasteiger partial charge in [0, 0.05) is 15.6 Å². The van der Waals surface area contributed by atoms with E-state index in [2.05, 4.69) is 5.32 Å². The Morgan fingerprint density at radius 2 is 1.86 bits per heavy atom. The Labute approximate surface area is 134 Å². The number of benzene rings is 2. The molecule has 0 aliphatic rings. The molecule has 0 bridgehead atoms. The van der Waals surface area contributed by atoms with E-state index in [1.54, 1.807) is 11.8 Å². The first-order valence-corrected chi connectivity index (χ1v) is 8.14. The van der Waals surface area contributed by atoms with Gasteiger partial charge in [-0.2, -0.15) is 0 Å². The van der Waals surface area contributed by atoms with Gasteiger partial charge in [0.15, 0.2) is 0 Å². The van der Waals surface area contributed by atoms with Crippen molar-refractivity contribution in [3.8, 4) is 0 Å². The first-order chi connectivity index (χ1) is 10.1. The van der Waals surface area contributed by atoms with E-state index in [0.717, 1.165) is 22.6 Å². The minimum Gasteiger partial charge on any atom is -0.325 e. The van der Waals surface area contributed by atoms with Gasteiger partial charge in [-0.3, -0.25) is 4.79 Å². The summed E-state index contributed by atoms with van der Waals surface area (Å²) in [6.45, 7) is 4.01. The number of carbonyl (C=O) groups is 1. The Bertz CT molecular complexity index is 612. The summed E-state index contributed by atoms with van der Waals surface area (Å²) in [5.41, 5.74) is 1.94. The summed E-state index contributed by atoms with van der Waals surface area (Å²) in [5, 5.41) is 3.59. The van der Waals surface area contributed by atoms with Crippen LogP contribution >= 0.6 is 23.4 Å². The van der Waals surface area contributed by atoms with Gasteiger partial charge < -0.3 is 5.32 Å². The molecule has 4 heteroatoms. The van der Waals surface area contributed by atoms with Crippen molar-refractivity contribution in [3.05, 3.63) is 59.1 Å². The van der Waals surface area contributed by atoms with E-state index in [1.165, 1.54) is 0 Å². The fraction of sp³-hybridized carbons (Fsp3) is 0.235. The van der Waals surface area contributed by atoms with E-state index in [0.29, 0.717) is 5.02 Å². The van der Waals surface area contributed by atoms with Crippen LogP contribution in [0.1, 0.15) is 18.9 Å². The van der Waals surface area contributed by atoms with Crippen molar-refractivity contribution in [2.24, 2.45) is 0 Å². The lowest BCUT2D eigenvalue weighted by molar-refractivity contribution is -0.115. The molecule has 0 saturated heterocycles. The molecule has 2 nitrogen and oxygen atoms in total. The molecule has 0 saturated carbocycles. The van der Waals surface area contributed by atoms with Crippen LogP contribution in [0.2, 0.25) is 5.02 Å². The number of nitrogens with one attached hydrogen (secondary N) is 1. The van der Waals surface area contributed by atoms with E-state index in [9.17, 15) is 4.79 Å². The van der Waals surface area contributed by atoms with Crippen molar-refractivity contribution < 1.29 is 4.79 Å². The highest BCUT2D eigenvalue weighted by atomic mass is 35.5. The maximum atomic E-state index is 12.4. The van der Waals surface area contributed by atoms with Gasteiger partial charge in [-0.15, -0.1) is 11.8 Å². The normalized spacial score (nSPS) is 12.0. The third kappa shape index (κ3) is 4.51. The van der Waals surface area contributed by atoms with Crippen LogP contribution in [0.15, 0.2) is 53.4 Å². The van der Waals surface area contributed by atoms with Crippen molar-refractivity contribution >= 4 is 35.0 Å². The molecule has 2 rings (SSSR count). The van der Waals surface area contributed by atoms with Crippen LogP contribution in [-0.4, -0.2) is 11.2 Å². The number of hydrogen-bond donors (Lipinski definition) is 1. The summed E-state index contributed by atoms with van der Waals surface area (Å²) < 4.78 is 0. The molecule has 0 unspecified atom stereocenters. The molecular formula is C17H18ClNOS. The predicted molar refractivity (Wildman–Crippen MR) is 91.2 cm³/mol. The monoisotopic (exact) mass is 319 g/mol. The summed E-state index contributed by atoms with van der Waals surface area (Å²) >= 11 is 7.44. The third-order valence-corrected chi connectivity index (χ3v) is 4.79. The van der Waals surface area contributed by atoms with E-state index in [-0.39, 0.29) is 11.2 Å². The van der Waals surface area contributed by atoms with E-state index in [4.69, 9.17) is 11.6 Å². The SMILES string of the molecule is CC[C@@H](Sc1ccc(Cl)cc1)C(=O)Nc1ccccc1C. The zero-order valence-electron chi connectivity index (χ0n) is 12.1. The van der Waals surface area contributed by atoms with Crippen molar-refractivity contribution in [1.82, 2.24) is 0 Å². The molecular weight excluding hydrogens is 302 g/mol. The van der Waals surface area contributed by atoms with Crippen molar-refractivity contribution in [3.63, 3.8) is 0 Å². The van der Waals surface area contributed by atoms with Crippen LogP contribution < -0.4 is 5.32 Å². The standard InChI is InChI=1S/C17H18ClNOS/c1-3-16(21-14-10-8-13(18)9-11-14)17(20)19-15-7-5-4-6-12(15)2/h4-11,16H,3H2,1-2H3,(H,19,20)/t16-/m1/s1. The van der Waals surface area contributed by atoms with Gasteiger partial charge in [-0.1, -0.05) is 36.7 Å². The van der Waals surface area contributed by atoms with Gasteiger partial charge in [0.25, 0.3) is 0 Å². The number of carbonyl (C=O) groups excluding carboxylic acids is 1. The van der Waals surface area contributed by atoms with Crippen molar-refractivity contribution in [2.75, 3.05) is 5.32 Å². The number of anilines is 1. The highest BCUT2D eigenvalue weighted by Gasteiger charge is 2.18. The molecule has 0 heterocycles. The first kappa shape index (κ1) is 15.9. The molecule has 0 aliphatic carbocycles. The lowest BCUT2D eigenvalue weighted by Gasteiger charge is -2.16. The molecule has 0 aliphatic heterocycles. The Balaban J connectivity index is 2.05. The van der Waals surface area contributed by atoms with Gasteiger partial charge in [-0.25, -0.2) is 0 Å². The van der Waals surface area contributed by atoms with Crippen LogP contribution in [0.5, 0.6) is 0 Å². The number of para-hydroxylation sites is 1. The Hall–Kier alpha value is -1.45. The molecule has 110 valence electrons. The molecule has 2 aromatic rings. The Morgan fingerprint density at radius 1 is 1.19 bits per heavy atom. The van der Waals surface area contributed by atoms with Gasteiger partial charge in [0.2, 0.25) is 5.91 Å². The number of thioether (sulfide) groups is 1. The minimum absolute atomic E-state index is 0.0340. The Morgan fingerprint density at radius 3 is 2.48 bits per heavy atom.